The van der Waals surface area contributed by atoms with Crippen LogP contribution < -0.4 is 15.6 Å². The quantitative estimate of drug-likeness (QED) is 0.135. The van der Waals surface area contributed by atoms with E-state index in [1.54, 1.807) is 5.19 Å². The minimum absolute atomic E-state index is 0.484. The van der Waals surface area contributed by atoms with Crippen LogP contribution in [0.25, 0.3) is 47.7 Å². The average Bonchev–Trinajstić information content (AvgIpc) is 3.66. The first-order chi connectivity index (χ1) is 22.3. The molecule has 0 bridgehead atoms. The molecule has 45 heavy (non-hydrogen) atoms. The maximum Gasteiger partial charge on any atom is 0.153 e. The van der Waals surface area contributed by atoms with Crippen LogP contribution in [-0.4, -0.2) is 12.6 Å². The highest BCUT2D eigenvalue weighted by molar-refractivity contribution is 7.29. The van der Waals surface area contributed by atoms with Crippen molar-refractivity contribution in [2.24, 2.45) is 0 Å². The van der Waals surface area contributed by atoms with E-state index in [1.165, 1.54) is 64.5 Å². The molecule has 8 aromatic rings. The normalized spacial score (nSPS) is 15.6. The van der Waals surface area contributed by atoms with Gasteiger partial charge in [-0.05, 0) is 58.6 Å². The first-order valence-electron chi connectivity index (χ1n) is 16.0. The molecule has 0 radical (unpaired) electrons. The van der Waals surface area contributed by atoms with Gasteiger partial charge in [0.25, 0.3) is 0 Å². The second kappa shape index (κ2) is 10.7. The molecule has 0 amide bonds. The van der Waals surface area contributed by atoms with Crippen LogP contribution >= 0.6 is 11.3 Å². The van der Waals surface area contributed by atoms with Gasteiger partial charge in [-0.1, -0.05) is 140 Å². The molecule has 1 aliphatic carbocycles. The van der Waals surface area contributed by atoms with Crippen molar-refractivity contribution in [3.63, 3.8) is 0 Å². The van der Waals surface area contributed by atoms with Gasteiger partial charge in [-0.3, -0.25) is 0 Å². The number of rotatable bonds is 5. The lowest BCUT2D eigenvalue weighted by atomic mass is 10.0. The molecule has 216 valence electrons. The van der Waals surface area contributed by atoms with Gasteiger partial charge in [-0.15, -0.1) is 11.3 Å². The Kier molecular flexibility index (Phi) is 6.36. The fourth-order valence-electron chi connectivity index (χ4n) is 8.30. The second-order valence-corrected chi connectivity index (χ2v) is 17.5. The van der Waals surface area contributed by atoms with Gasteiger partial charge in [0.1, 0.15) is 0 Å². The van der Waals surface area contributed by atoms with Crippen LogP contribution in [-0.2, 0) is 0 Å². The van der Waals surface area contributed by atoms with Crippen molar-refractivity contribution < 1.29 is 0 Å². The number of fused-ring (bicyclic) bond motifs is 6. The molecule has 1 nitrogen and oxygen atoms in total. The highest BCUT2D eigenvalue weighted by Gasteiger charge is 2.48. The van der Waals surface area contributed by atoms with Gasteiger partial charge in [0.05, 0.1) is 11.0 Å². The smallest absolute Gasteiger partial charge is 0.153 e. The van der Waals surface area contributed by atoms with E-state index < -0.39 is 8.07 Å². The number of benzene rings is 6. The predicted molar refractivity (Wildman–Crippen MR) is 198 cm³/mol. The molecule has 9 rings (SSSR count). The summed E-state index contributed by atoms with van der Waals surface area (Å²) in [6.45, 7) is 0. The van der Waals surface area contributed by atoms with Crippen molar-refractivity contribution in [1.82, 2.24) is 4.57 Å². The van der Waals surface area contributed by atoms with Crippen molar-refractivity contribution in [2.75, 3.05) is 0 Å². The Morgan fingerprint density at radius 2 is 1.09 bits per heavy atom. The molecule has 0 aliphatic heterocycles. The van der Waals surface area contributed by atoms with E-state index in [1.807, 2.05) is 11.3 Å². The Morgan fingerprint density at radius 1 is 0.533 bits per heavy atom. The molecule has 0 fully saturated rings. The van der Waals surface area contributed by atoms with Crippen LogP contribution in [0, 0.1) is 0 Å². The van der Waals surface area contributed by atoms with Gasteiger partial charge in [0.15, 0.2) is 8.07 Å². The summed E-state index contributed by atoms with van der Waals surface area (Å²) >= 11 is 1.99. The van der Waals surface area contributed by atoms with E-state index in [0.29, 0.717) is 5.54 Å². The largest absolute Gasteiger partial charge is 0.313 e. The third-order valence-electron chi connectivity index (χ3n) is 10.1. The van der Waals surface area contributed by atoms with Crippen LogP contribution in [0.15, 0.2) is 158 Å². The third kappa shape index (κ3) is 4.04. The molecule has 2 heterocycles. The topological polar surface area (TPSA) is 4.93 Å². The summed E-state index contributed by atoms with van der Waals surface area (Å²) in [5, 5.41) is 10.0. The van der Waals surface area contributed by atoms with Gasteiger partial charge < -0.3 is 4.57 Å². The fraction of sp³-hybridized carbons (Fsp3) is 0.0952. The number of aromatic nitrogens is 1. The highest BCUT2D eigenvalue weighted by Crippen LogP contribution is 2.44. The molecule has 0 spiro atoms. The van der Waals surface area contributed by atoms with Gasteiger partial charge in [-0.25, -0.2) is 0 Å². The van der Waals surface area contributed by atoms with Gasteiger partial charge >= 0.3 is 0 Å². The number of para-hydroxylation sites is 2. The molecule has 1 aliphatic rings. The van der Waals surface area contributed by atoms with Crippen molar-refractivity contribution in [2.45, 2.75) is 24.8 Å². The molecule has 0 saturated carbocycles. The molecule has 1 unspecified atom stereocenters. The minimum atomic E-state index is -2.58. The number of nitrogens with zero attached hydrogens (tertiary/aromatic N) is 1. The average molecular weight is 612 g/mol. The van der Waals surface area contributed by atoms with E-state index in [4.69, 9.17) is 0 Å². The van der Waals surface area contributed by atoms with Crippen LogP contribution in [0.5, 0.6) is 0 Å². The third-order valence-corrected chi connectivity index (χ3v) is 17.0. The van der Waals surface area contributed by atoms with Crippen LogP contribution in [0.1, 0.15) is 19.3 Å². The summed E-state index contributed by atoms with van der Waals surface area (Å²) in [6, 6.07) is 57.2. The summed E-state index contributed by atoms with van der Waals surface area (Å²) in [5.74, 6) is 0. The Bertz CT molecular complexity index is 2270. The molecular weight excluding hydrogens is 579 g/mol. The first kappa shape index (κ1) is 26.7. The van der Waals surface area contributed by atoms with Gasteiger partial charge in [0, 0.05) is 36.6 Å². The molecule has 6 aromatic carbocycles. The van der Waals surface area contributed by atoms with Crippen molar-refractivity contribution >= 4 is 82.6 Å². The summed E-state index contributed by atoms with van der Waals surface area (Å²) in [5.41, 5.74) is 4.54. The summed E-state index contributed by atoms with van der Waals surface area (Å²) in [4.78, 5) is 0. The standard InChI is InChI=1S/C42H33NSSi/c1-3-16-31(17-4-1)45(32-18-5-2-6-19-32,41-28-14-24-37-36-23-9-12-27-40(36)44-42(37)41)33-20-13-15-30(29-33)43-38-25-10-7-21-34(38)35-22-8-11-26-39(35)43/h1-12,14-19,21-28,33H,13,20,29H2. The monoisotopic (exact) mass is 611 g/mol. The van der Waals surface area contributed by atoms with E-state index in [-0.39, 0.29) is 0 Å². The van der Waals surface area contributed by atoms with E-state index in [9.17, 15) is 0 Å². The first-order valence-corrected chi connectivity index (χ1v) is 18.9. The summed E-state index contributed by atoms with van der Waals surface area (Å²) < 4.78 is 5.41. The zero-order valence-corrected chi connectivity index (χ0v) is 26.9. The van der Waals surface area contributed by atoms with Gasteiger partial charge in [0.2, 0.25) is 0 Å². The zero-order valence-electron chi connectivity index (χ0n) is 25.1. The molecular formula is C42H33NSSi. The predicted octanol–water partition coefficient (Wildman–Crippen LogP) is 9.73. The number of hydrogen-bond acceptors (Lipinski definition) is 1. The Hall–Kier alpha value is -4.70. The lowest BCUT2D eigenvalue weighted by molar-refractivity contribution is 0.707. The molecule has 2 aromatic heterocycles. The lowest BCUT2D eigenvalue weighted by Crippen LogP contribution is -2.70. The zero-order chi connectivity index (χ0) is 29.8. The van der Waals surface area contributed by atoms with E-state index in [0.717, 1.165) is 12.8 Å². The van der Waals surface area contributed by atoms with E-state index in [2.05, 4.69) is 162 Å². The molecule has 0 saturated heterocycles. The lowest BCUT2D eigenvalue weighted by Gasteiger charge is -2.43. The summed E-state index contributed by atoms with van der Waals surface area (Å²) in [6.07, 6.45) is 5.83. The molecule has 0 N–H and O–H groups in total. The Morgan fingerprint density at radius 3 is 1.76 bits per heavy atom. The number of hydrogen-bond donors (Lipinski definition) is 0. The Labute approximate surface area is 268 Å². The highest BCUT2D eigenvalue weighted by atomic mass is 32.1. The maximum absolute atomic E-state index is 2.58. The fourth-order valence-corrected chi connectivity index (χ4v) is 15.8. The van der Waals surface area contributed by atoms with Crippen LogP contribution in [0.3, 0.4) is 0 Å². The molecule has 1 atom stereocenters. The number of thiophene rings is 1. The SMILES string of the molecule is C1=C(n2c3ccccc3c3ccccc32)CC([Si](c2ccccc2)(c2ccccc2)c2cccc3c2sc2ccccc23)CC1. The van der Waals surface area contributed by atoms with Gasteiger partial charge in [-0.2, -0.15) is 0 Å². The summed E-state index contributed by atoms with van der Waals surface area (Å²) in [7, 11) is -2.58. The minimum Gasteiger partial charge on any atom is -0.313 e. The Balaban J connectivity index is 1.33. The van der Waals surface area contributed by atoms with Crippen molar-refractivity contribution in [1.29, 1.82) is 0 Å². The molecule has 3 heteroatoms. The van der Waals surface area contributed by atoms with Crippen molar-refractivity contribution in [3.05, 3.63) is 158 Å². The number of allylic oxidation sites excluding steroid dienone is 2. The second-order valence-electron chi connectivity index (χ2n) is 12.4. The van der Waals surface area contributed by atoms with Crippen LogP contribution in [0.4, 0.5) is 0 Å². The van der Waals surface area contributed by atoms with E-state index >= 15 is 0 Å². The van der Waals surface area contributed by atoms with Crippen molar-refractivity contribution in [3.8, 4) is 0 Å². The van der Waals surface area contributed by atoms with Crippen LogP contribution in [0.2, 0.25) is 5.54 Å². The maximum atomic E-state index is 2.58.